The van der Waals surface area contributed by atoms with E-state index in [-0.39, 0.29) is 10.7 Å². The molecule has 5 nitrogen and oxygen atoms in total. The van der Waals surface area contributed by atoms with E-state index in [1.807, 2.05) is 76.2 Å². The van der Waals surface area contributed by atoms with Crippen LogP contribution in [-0.2, 0) is 9.59 Å². The van der Waals surface area contributed by atoms with Crippen molar-refractivity contribution >= 4 is 56.8 Å². The number of thiocarbonyl (C=S) groups is 1. The van der Waals surface area contributed by atoms with Crippen molar-refractivity contribution < 1.29 is 9.59 Å². The van der Waals surface area contributed by atoms with Gasteiger partial charge in [-0.05, 0) is 99.1 Å². The van der Waals surface area contributed by atoms with Gasteiger partial charge in [0.05, 0.1) is 5.69 Å². The first kappa shape index (κ1) is 22.2. The number of aryl methyl sites for hydroxylation is 3. The van der Waals surface area contributed by atoms with Crippen molar-refractivity contribution in [3.05, 3.63) is 86.7 Å². The van der Waals surface area contributed by atoms with Crippen LogP contribution in [0.5, 0.6) is 0 Å². The maximum atomic E-state index is 13.4. The molecule has 2 amide bonds. The molecule has 1 fully saturated rings. The van der Waals surface area contributed by atoms with Crippen LogP contribution < -0.4 is 10.2 Å². The van der Waals surface area contributed by atoms with Gasteiger partial charge in [0.25, 0.3) is 11.8 Å². The normalized spacial score (nSPS) is 15.5. The molecule has 0 atom stereocenters. The molecule has 0 bridgehead atoms. The van der Waals surface area contributed by atoms with Crippen LogP contribution in [0.25, 0.3) is 11.8 Å². The smallest absolute Gasteiger partial charge is 0.270 e. The molecule has 1 aromatic heterocycles. The van der Waals surface area contributed by atoms with Gasteiger partial charge >= 0.3 is 0 Å². The van der Waals surface area contributed by atoms with Gasteiger partial charge in [0.1, 0.15) is 5.57 Å². The number of aromatic nitrogens is 1. The maximum Gasteiger partial charge on any atom is 0.270 e. The molecular weight excluding hydrogens is 486 g/mol. The molecule has 0 aliphatic carbocycles. The number of nitrogens with zero attached hydrogens (tertiary/aromatic N) is 2. The second-order valence-electron chi connectivity index (χ2n) is 7.95. The zero-order valence-corrected chi connectivity index (χ0v) is 20.6. The van der Waals surface area contributed by atoms with E-state index in [9.17, 15) is 9.59 Å². The van der Waals surface area contributed by atoms with Gasteiger partial charge in [-0.1, -0.05) is 28.1 Å². The Bertz CT molecular complexity index is 1300. The number of carbonyl (C=O) groups is 2. The minimum Gasteiger partial charge on any atom is -0.318 e. The molecule has 0 spiro atoms. The van der Waals surface area contributed by atoms with Crippen molar-refractivity contribution in [3.63, 3.8) is 0 Å². The first-order valence-electron chi connectivity index (χ1n) is 10.1. The van der Waals surface area contributed by atoms with Crippen molar-refractivity contribution in [3.8, 4) is 5.69 Å². The molecule has 1 N–H and O–H groups in total. The highest BCUT2D eigenvalue weighted by Crippen LogP contribution is 2.27. The fraction of sp³-hybridized carbons (Fsp3) is 0.160. The summed E-state index contributed by atoms with van der Waals surface area (Å²) in [7, 11) is 0. The van der Waals surface area contributed by atoms with Gasteiger partial charge in [0, 0.05) is 21.5 Å². The molecular formula is C25H22BrN3O2S. The van der Waals surface area contributed by atoms with E-state index in [2.05, 4.69) is 25.8 Å². The predicted octanol–water partition coefficient (Wildman–Crippen LogP) is 5.30. The standard InChI is InChI=1S/C25H22BrN3O2S/c1-14-8-15(2)10-21(9-14)29-24(31)22(23(30)27-25(29)32)12-18-11-16(3)28(17(18)4)20-7-5-6-19(26)13-20/h5-13H,1-4H3,(H,27,30,32)/b22-12+. The lowest BCUT2D eigenvalue weighted by atomic mass is 10.1. The van der Waals surface area contributed by atoms with Crippen molar-refractivity contribution in [1.82, 2.24) is 9.88 Å². The molecule has 0 unspecified atom stereocenters. The van der Waals surface area contributed by atoms with Crippen molar-refractivity contribution in [1.29, 1.82) is 0 Å². The Morgan fingerprint density at radius 1 is 0.938 bits per heavy atom. The summed E-state index contributed by atoms with van der Waals surface area (Å²) in [4.78, 5) is 27.5. The monoisotopic (exact) mass is 507 g/mol. The molecule has 162 valence electrons. The lowest BCUT2D eigenvalue weighted by molar-refractivity contribution is -0.122. The molecule has 1 saturated heterocycles. The lowest BCUT2D eigenvalue weighted by Crippen LogP contribution is -2.54. The zero-order chi connectivity index (χ0) is 23.2. The van der Waals surface area contributed by atoms with Crippen LogP contribution in [0.2, 0.25) is 0 Å². The Labute approximate surface area is 200 Å². The van der Waals surface area contributed by atoms with Crippen LogP contribution >= 0.6 is 28.1 Å². The Morgan fingerprint density at radius 2 is 1.62 bits per heavy atom. The molecule has 3 aromatic rings. The highest BCUT2D eigenvalue weighted by molar-refractivity contribution is 9.10. The first-order valence-corrected chi connectivity index (χ1v) is 11.3. The van der Waals surface area contributed by atoms with Crippen LogP contribution in [0, 0.1) is 27.7 Å². The molecule has 4 rings (SSSR count). The van der Waals surface area contributed by atoms with Gasteiger partial charge in [0.15, 0.2) is 5.11 Å². The second-order valence-corrected chi connectivity index (χ2v) is 9.25. The number of benzene rings is 2. The minimum absolute atomic E-state index is 0.0484. The SMILES string of the molecule is Cc1cc(C)cc(N2C(=O)/C(=C/c3cc(C)n(-c4cccc(Br)c4)c3C)C(=O)NC2=S)c1. The third-order valence-corrected chi connectivity index (χ3v) is 6.18. The van der Waals surface area contributed by atoms with Crippen LogP contribution in [0.3, 0.4) is 0 Å². The fourth-order valence-corrected chi connectivity index (χ4v) is 4.74. The highest BCUT2D eigenvalue weighted by atomic mass is 79.9. The number of anilines is 1. The summed E-state index contributed by atoms with van der Waals surface area (Å²) >= 11 is 8.85. The van der Waals surface area contributed by atoms with Gasteiger partial charge in [0.2, 0.25) is 0 Å². The Hall–Kier alpha value is -3.03. The second kappa shape index (κ2) is 8.48. The maximum absolute atomic E-state index is 13.4. The van der Waals surface area contributed by atoms with Gasteiger partial charge in [-0.15, -0.1) is 0 Å². The van der Waals surface area contributed by atoms with Gasteiger partial charge in [-0.2, -0.15) is 0 Å². The molecule has 2 heterocycles. The largest absolute Gasteiger partial charge is 0.318 e. The molecule has 1 aliphatic rings. The summed E-state index contributed by atoms with van der Waals surface area (Å²) in [6.45, 7) is 7.88. The quantitative estimate of drug-likeness (QED) is 0.297. The average molecular weight is 508 g/mol. The summed E-state index contributed by atoms with van der Waals surface area (Å²) in [5.74, 6) is -0.927. The Balaban J connectivity index is 1.78. The summed E-state index contributed by atoms with van der Waals surface area (Å²) in [5.41, 5.74) is 6.43. The van der Waals surface area contributed by atoms with Crippen LogP contribution in [0.4, 0.5) is 5.69 Å². The third-order valence-electron chi connectivity index (χ3n) is 5.40. The average Bonchev–Trinajstić information content (AvgIpc) is 2.97. The predicted molar refractivity (Wildman–Crippen MR) is 135 cm³/mol. The summed E-state index contributed by atoms with van der Waals surface area (Å²) in [6.07, 6.45) is 1.64. The van der Waals surface area contributed by atoms with E-state index in [4.69, 9.17) is 12.2 Å². The molecule has 2 aromatic carbocycles. The molecule has 7 heteroatoms. The molecule has 32 heavy (non-hydrogen) atoms. The number of rotatable bonds is 3. The van der Waals surface area contributed by atoms with Gasteiger partial charge in [-0.3, -0.25) is 19.8 Å². The van der Waals surface area contributed by atoms with Crippen LogP contribution in [-0.4, -0.2) is 21.5 Å². The van der Waals surface area contributed by atoms with Gasteiger partial charge < -0.3 is 4.57 Å². The molecule has 1 aliphatic heterocycles. The van der Waals surface area contributed by atoms with E-state index >= 15 is 0 Å². The van der Waals surface area contributed by atoms with E-state index in [1.54, 1.807) is 6.08 Å². The number of amides is 2. The van der Waals surface area contributed by atoms with E-state index < -0.39 is 11.8 Å². The number of halogens is 1. The minimum atomic E-state index is -0.493. The first-order chi connectivity index (χ1) is 15.2. The van der Waals surface area contributed by atoms with Crippen molar-refractivity contribution in [2.45, 2.75) is 27.7 Å². The van der Waals surface area contributed by atoms with Crippen LogP contribution in [0.1, 0.15) is 28.1 Å². The highest BCUT2D eigenvalue weighted by Gasteiger charge is 2.35. The Kier molecular flexibility index (Phi) is 5.88. The fourth-order valence-electron chi connectivity index (χ4n) is 4.07. The number of carbonyl (C=O) groups excluding carboxylic acids is 2. The van der Waals surface area contributed by atoms with E-state index in [0.29, 0.717) is 5.69 Å². The Morgan fingerprint density at radius 3 is 2.28 bits per heavy atom. The molecule has 0 radical (unpaired) electrons. The number of hydrogen-bond acceptors (Lipinski definition) is 3. The lowest BCUT2D eigenvalue weighted by Gasteiger charge is -2.29. The topological polar surface area (TPSA) is 54.3 Å². The third kappa shape index (κ3) is 4.06. The number of nitrogens with one attached hydrogen (secondary N) is 1. The van der Waals surface area contributed by atoms with Crippen molar-refractivity contribution in [2.75, 3.05) is 4.90 Å². The van der Waals surface area contributed by atoms with Gasteiger partial charge in [-0.25, -0.2) is 0 Å². The van der Waals surface area contributed by atoms with Crippen LogP contribution in [0.15, 0.2) is 58.6 Å². The summed E-state index contributed by atoms with van der Waals surface area (Å²) < 4.78 is 3.07. The number of hydrogen-bond donors (Lipinski definition) is 1. The molecule has 0 saturated carbocycles. The van der Waals surface area contributed by atoms with E-state index in [1.165, 1.54) is 4.90 Å². The van der Waals surface area contributed by atoms with Crippen molar-refractivity contribution in [2.24, 2.45) is 0 Å². The summed E-state index contributed by atoms with van der Waals surface area (Å²) in [5, 5.41) is 2.75. The summed E-state index contributed by atoms with van der Waals surface area (Å²) in [6, 6.07) is 15.7. The zero-order valence-electron chi connectivity index (χ0n) is 18.2. The van der Waals surface area contributed by atoms with E-state index in [0.717, 1.165) is 38.2 Å².